The molecule has 0 fully saturated rings. The molecule has 1 N–H and O–H groups in total. The van der Waals surface area contributed by atoms with E-state index in [0.29, 0.717) is 27.7 Å². The Hall–Kier alpha value is -2.64. The van der Waals surface area contributed by atoms with Crippen molar-refractivity contribution in [3.05, 3.63) is 62.1 Å². The molecule has 0 saturated heterocycles. The van der Waals surface area contributed by atoms with E-state index in [1.54, 1.807) is 30.3 Å². The molecule has 25 heavy (non-hydrogen) atoms. The highest BCUT2D eigenvalue weighted by Gasteiger charge is 2.29. The van der Waals surface area contributed by atoms with E-state index in [4.69, 9.17) is 20.9 Å². The van der Waals surface area contributed by atoms with Crippen molar-refractivity contribution < 1.29 is 14.0 Å². The third kappa shape index (κ3) is 3.29. The van der Waals surface area contributed by atoms with Crippen LogP contribution < -0.4 is 10.9 Å². The standard InChI is InChI=1S/C17H11ClN2O4S/c18-15-5-4-14(25-15)11-8-13(24-20-11)17(22)19-10-2-3-12-9(7-10)1-6-16(21)23-12/h1-7,13H,8H2,(H,19,22)/t13-/m0/s1. The normalized spacial score (nSPS) is 16.5. The highest BCUT2D eigenvalue weighted by molar-refractivity contribution is 7.18. The number of rotatable bonds is 3. The van der Waals surface area contributed by atoms with Gasteiger partial charge in [-0.2, -0.15) is 0 Å². The number of hydrogen-bond donors (Lipinski definition) is 1. The van der Waals surface area contributed by atoms with Crippen LogP contribution in [0.2, 0.25) is 4.34 Å². The molecule has 0 bridgehead atoms. The highest BCUT2D eigenvalue weighted by Crippen LogP contribution is 2.27. The molecule has 4 rings (SSSR count). The maximum atomic E-state index is 12.4. The summed E-state index contributed by atoms with van der Waals surface area (Å²) in [4.78, 5) is 29.7. The summed E-state index contributed by atoms with van der Waals surface area (Å²) in [6, 6.07) is 11.6. The number of nitrogens with zero attached hydrogens (tertiary/aromatic N) is 1. The first-order chi connectivity index (χ1) is 12.1. The second-order valence-corrected chi connectivity index (χ2v) is 7.15. The van der Waals surface area contributed by atoms with Crippen LogP contribution in [0.3, 0.4) is 0 Å². The van der Waals surface area contributed by atoms with Gasteiger partial charge in [-0.1, -0.05) is 16.8 Å². The van der Waals surface area contributed by atoms with E-state index in [0.717, 1.165) is 10.3 Å². The van der Waals surface area contributed by atoms with E-state index in [9.17, 15) is 9.59 Å². The molecule has 3 heterocycles. The van der Waals surface area contributed by atoms with Gasteiger partial charge in [-0.05, 0) is 36.4 Å². The summed E-state index contributed by atoms with van der Waals surface area (Å²) in [5.74, 6) is -0.293. The molecule has 0 unspecified atom stereocenters. The highest BCUT2D eigenvalue weighted by atomic mass is 35.5. The molecule has 3 aromatic rings. The largest absolute Gasteiger partial charge is 0.423 e. The zero-order valence-electron chi connectivity index (χ0n) is 12.7. The Morgan fingerprint density at radius 2 is 2.12 bits per heavy atom. The van der Waals surface area contributed by atoms with Gasteiger partial charge in [0.1, 0.15) is 11.3 Å². The van der Waals surface area contributed by atoms with Gasteiger partial charge in [0.25, 0.3) is 5.91 Å². The summed E-state index contributed by atoms with van der Waals surface area (Å²) in [6.45, 7) is 0. The predicted molar refractivity (Wildman–Crippen MR) is 96.5 cm³/mol. The van der Waals surface area contributed by atoms with E-state index in [-0.39, 0.29) is 5.91 Å². The molecule has 0 spiro atoms. The van der Waals surface area contributed by atoms with Gasteiger partial charge in [0, 0.05) is 23.6 Å². The van der Waals surface area contributed by atoms with Crippen molar-refractivity contribution in [1.29, 1.82) is 0 Å². The summed E-state index contributed by atoms with van der Waals surface area (Å²) < 4.78 is 5.73. The minimum atomic E-state index is -0.694. The maximum absolute atomic E-state index is 12.4. The van der Waals surface area contributed by atoms with Crippen molar-refractivity contribution in [1.82, 2.24) is 0 Å². The monoisotopic (exact) mass is 374 g/mol. The molecule has 126 valence electrons. The summed E-state index contributed by atoms with van der Waals surface area (Å²) in [6.07, 6.45) is -0.314. The van der Waals surface area contributed by atoms with Gasteiger partial charge in [-0.25, -0.2) is 4.79 Å². The minimum absolute atomic E-state index is 0.293. The number of anilines is 1. The van der Waals surface area contributed by atoms with Gasteiger partial charge in [-0.3, -0.25) is 4.79 Å². The van der Waals surface area contributed by atoms with Crippen LogP contribution in [-0.2, 0) is 9.63 Å². The second-order valence-electron chi connectivity index (χ2n) is 5.44. The van der Waals surface area contributed by atoms with E-state index in [1.807, 2.05) is 6.07 Å². The number of nitrogens with one attached hydrogen (secondary N) is 1. The van der Waals surface area contributed by atoms with Crippen molar-refractivity contribution in [2.45, 2.75) is 12.5 Å². The SMILES string of the molecule is O=C(Nc1ccc2oc(=O)ccc2c1)[C@@H]1CC(c2ccc(Cl)s2)=NO1. The Balaban J connectivity index is 1.46. The molecule has 0 radical (unpaired) electrons. The molecule has 1 aliphatic rings. The average molecular weight is 375 g/mol. The van der Waals surface area contributed by atoms with Crippen LogP contribution in [0.5, 0.6) is 0 Å². The number of carbonyl (C=O) groups is 1. The van der Waals surface area contributed by atoms with E-state index >= 15 is 0 Å². The number of thiophene rings is 1. The molecular weight excluding hydrogens is 364 g/mol. The Kier molecular flexibility index (Phi) is 4.03. The number of fused-ring (bicyclic) bond motifs is 1. The topological polar surface area (TPSA) is 80.9 Å². The van der Waals surface area contributed by atoms with E-state index < -0.39 is 11.7 Å². The van der Waals surface area contributed by atoms with Gasteiger partial charge < -0.3 is 14.6 Å². The van der Waals surface area contributed by atoms with Crippen LogP contribution in [0.25, 0.3) is 11.0 Å². The molecule has 0 saturated carbocycles. The Labute approximate surface area is 150 Å². The Morgan fingerprint density at radius 3 is 2.92 bits per heavy atom. The number of oxime groups is 1. The summed E-state index contributed by atoms with van der Waals surface area (Å²) in [7, 11) is 0. The molecule has 0 aliphatic carbocycles. The first-order valence-corrected chi connectivity index (χ1v) is 8.61. The third-order valence-electron chi connectivity index (χ3n) is 3.71. The van der Waals surface area contributed by atoms with Crippen LogP contribution in [0.4, 0.5) is 5.69 Å². The van der Waals surface area contributed by atoms with Crippen LogP contribution >= 0.6 is 22.9 Å². The van der Waals surface area contributed by atoms with Crippen molar-refractivity contribution >= 4 is 51.2 Å². The van der Waals surface area contributed by atoms with Crippen LogP contribution in [0.15, 0.2) is 56.8 Å². The zero-order valence-corrected chi connectivity index (χ0v) is 14.3. The van der Waals surface area contributed by atoms with Gasteiger partial charge in [0.15, 0.2) is 0 Å². The van der Waals surface area contributed by atoms with Crippen LogP contribution in [0, 0.1) is 0 Å². The van der Waals surface area contributed by atoms with Gasteiger partial charge in [0.05, 0.1) is 9.21 Å². The first kappa shape index (κ1) is 15.9. The zero-order chi connectivity index (χ0) is 17.4. The molecule has 1 atom stereocenters. The molecule has 1 aliphatic heterocycles. The summed E-state index contributed by atoms with van der Waals surface area (Å²) in [5.41, 5.74) is 1.34. The fraction of sp³-hybridized carbons (Fsp3) is 0.118. The fourth-order valence-electron chi connectivity index (χ4n) is 2.51. The van der Waals surface area contributed by atoms with Crippen LogP contribution in [0.1, 0.15) is 11.3 Å². The van der Waals surface area contributed by atoms with E-state index in [2.05, 4.69) is 10.5 Å². The molecule has 2 aromatic heterocycles. The number of hydrogen-bond acceptors (Lipinski definition) is 6. The van der Waals surface area contributed by atoms with Crippen LogP contribution in [-0.4, -0.2) is 17.7 Å². The summed E-state index contributed by atoms with van der Waals surface area (Å²) >= 11 is 7.31. The third-order valence-corrected chi connectivity index (χ3v) is 4.99. The number of benzene rings is 1. The average Bonchev–Trinajstić information content (AvgIpc) is 3.24. The van der Waals surface area contributed by atoms with Crippen molar-refractivity contribution in [2.75, 3.05) is 5.32 Å². The molecule has 1 aromatic carbocycles. The minimum Gasteiger partial charge on any atom is -0.423 e. The van der Waals surface area contributed by atoms with E-state index in [1.165, 1.54) is 17.4 Å². The van der Waals surface area contributed by atoms with Gasteiger partial charge in [-0.15, -0.1) is 11.3 Å². The number of halogens is 1. The first-order valence-electron chi connectivity index (χ1n) is 7.42. The molecule has 1 amide bonds. The lowest BCUT2D eigenvalue weighted by atomic mass is 10.1. The lowest BCUT2D eigenvalue weighted by molar-refractivity contribution is -0.125. The maximum Gasteiger partial charge on any atom is 0.336 e. The van der Waals surface area contributed by atoms with Crippen molar-refractivity contribution in [3.8, 4) is 0 Å². The summed E-state index contributed by atoms with van der Waals surface area (Å²) in [5, 5.41) is 7.49. The Bertz CT molecular complexity index is 1060. The number of amides is 1. The Morgan fingerprint density at radius 1 is 1.24 bits per heavy atom. The molecule has 6 nitrogen and oxygen atoms in total. The number of carbonyl (C=O) groups excluding carboxylic acids is 1. The lowest BCUT2D eigenvalue weighted by Crippen LogP contribution is -2.27. The van der Waals surface area contributed by atoms with Gasteiger partial charge >= 0.3 is 5.63 Å². The second kappa shape index (κ2) is 6.34. The van der Waals surface area contributed by atoms with Crippen molar-refractivity contribution in [3.63, 3.8) is 0 Å². The lowest BCUT2D eigenvalue weighted by Gasteiger charge is -2.09. The molecule has 8 heteroatoms. The predicted octanol–water partition coefficient (Wildman–Crippen LogP) is 3.64. The molecular formula is C17H11ClN2O4S. The van der Waals surface area contributed by atoms with Gasteiger partial charge in [0.2, 0.25) is 6.10 Å². The smallest absolute Gasteiger partial charge is 0.336 e. The van der Waals surface area contributed by atoms with Crippen molar-refractivity contribution in [2.24, 2.45) is 5.16 Å². The fourth-order valence-corrected chi connectivity index (χ4v) is 3.54. The quantitative estimate of drug-likeness (QED) is 0.710.